The third-order valence-corrected chi connectivity index (χ3v) is 5.68. The molecule has 0 atom stereocenters. The molecule has 0 bridgehead atoms. The number of carbonyl (C=O) groups is 4. The number of benzene rings is 3. The van der Waals surface area contributed by atoms with Crippen LogP contribution in [0.15, 0.2) is 72.8 Å². The van der Waals surface area contributed by atoms with Crippen LogP contribution in [-0.4, -0.2) is 41.6 Å². The molecule has 1 heterocycles. The summed E-state index contributed by atoms with van der Waals surface area (Å²) in [5.74, 6) is -1.47. The van der Waals surface area contributed by atoms with Crippen molar-refractivity contribution in [2.24, 2.45) is 0 Å². The van der Waals surface area contributed by atoms with Crippen LogP contribution in [0.5, 0.6) is 0 Å². The zero-order valence-corrected chi connectivity index (χ0v) is 18.8. The van der Waals surface area contributed by atoms with Crippen molar-refractivity contribution < 1.29 is 19.2 Å². The number of imide groups is 1. The molecule has 4 rings (SSSR count). The number of nitrogens with one attached hydrogen (secondary N) is 2. The number of carbonyl (C=O) groups excluding carboxylic acids is 4. The van der Waals surface area contributed by atoms with E-state index in [1.54, 1.807) is 42.5 Å². The molecule has 172 valence electrons. The van der Waals surface area contributed by atoms with Crippen LogP contribution in [0.4, 0.5) is 5.69 Å². The highest BCUT2D eigenvalue weighted by atomic mass is 16.2. The van der Waals surface area contributed by atoms with Crippen molar-refractivity contribution in [3.63, 3.8) is 0 Å². The van der Waals surface area contributed by atoms with E-state index in [0.717, 1.165) is 16.0 Å². The highest BCUT2D eigenvalue weighted by Gasteiger charge is 2.35. The maximum Gasteiger partial charge on any atom is 0.261 e. The minimum absolute atomic E-state index is 0.0390. The van der Waals surface area contributed by atoms with E-state index in [2.05, 4.69) is 10.6 Å². The van der Waals surface area contributed by atoms with Gasteiger partial charge >= 0.3 is 0 Å². The zero-order chi connectivity index (χ0) is 24.1. The molecule has 0 radical (unpaired) electrons. The van der Waals surface area contributed by atoms with Gasteiger partial charge in [-0.1, -0.05) is 54.1 Å². The number of anilines is 1. The van der Waals surface area contributed by atoms with E-state index in [-0.39, 0.29) is 18.9 Å². The Labute approximate surface area is 197 Å². The first-order valence-electron chi connectivity index (χ1n) is 11.1. The molecule has 0 fully saturated rings. The fraction of sp³-hybridized carbons (Fsp3) is 0.185. The van der Waals surface area contributed by atoms with Crippen molar-refractivity contribution in [2.75, 3.05) is 18.4 Å². The molecule has 0 aromatic heterocycles. The van der Waals surface area contributed by atoms with Crippen molar-refractivity contribution in [1.82, 2.24) is 10.2 Å². The molecule has 7 nitrogen and oxygen atoms in total. The van der Waals surface area contributed by atoms with Gasteiger partial charge in [0.2, 0.25) is 5.91 Å². The highest BCUT2D eigenvalue weighted by molar-refractivity contribution is 6.21. The molecule has 2 N–H and O–H groups in total. The van der Waals surface area contributed by atoms with Gasteiger partial charge in [-0.15, -0.1) is 0 Å². The van der Waals surface area contributed by atoms with Gasteiger partial charge in [0.05, 0.1) is 22.4 Å². The summed E-state index contributed by atoms with van der Waals surface area (Å²) < 4.78 is 0. The molecule has 1 aliphatic heterocycles. The number of fused-ring (bicyclic) bond motifs is 1. The molecule has 0 saturated carbocycles. The first kappa shape index (κ1) is 22.9. The van der Waals surface area contributed by atoms with Crippen LogP contribution in [0.25, 0.3) is 0 Å². The normalized spacial score (nSPS) is 12.4. The lowest BCUT2D eigenvalue weighted by molar-refractivity contribution is -0.116. The second kappa shape index (κ2) is 10.1. The number of nitrogens with zero attached hydrogens (tertiary/aromatic N) is 1. The maximum atomic E-state index is 12.7. The Kier molecular flexibility index (Phi) is 6.82. The van der Waals surface area contributed by atoms with E-state index in [9.17, 15) is 19.2 Å². The first-order valence-corrected chi connectivity index (χ1v) is 11.1. The average molecular weight is 456 g/mol. The second-order valence-electron chi connectivity index (χ2n) is 8.15. The van der Waals surface area contributed by atoms with Crippen LogP contribution in [0.2, 0.25) is 0 Å². The molecule has 4 amide bonds. The zero-order valence-electron chi connectivity index (χ0n) is 18.8. The third-order valence-electron chi connectivity index (χ3n) is 5.68. The van der Waals surface area contributed by atoms with Gasteiger partial charge in [0, 0.05) is 19.5 Å². The SMILES string of the molecule is Cc1ccc2c(c1)C(=O)N(CCC(=O)Nc1ccccc1C(=O)NCCc1ccccc1)C2=O. The number of hydrogen-bond acceptors (Lipinski definition) is 4. The van der Waals surface area contributed by atoms with Gasteiger partial charge in [-0.2, -0.15) is 0 Å². The molecule has 3 aromatic rings. The summed E-state index contributed by atoms with van der Waals surface area (Å²) in [6.07, 6.45) is 0.620. The smallest absolute Gasteiger partial charge is 0.261 e. The lowest BCUT2D eigenvalue weighted by Gasteiger charge is -2.15. The molecule has 0 saturated heterocycles. The van der Waals surface area contributed by atoms with E-state index in [1.807, 2.05) is 37.3 Å². The Bertz CT molecular complexity index is 1250. The van der Waals surface area contributed by atoms with E-state index in [0.29, 0.717) is 35.3 Å². The summed E-state index contributed by atoms with van der Waals surface area (Å²) in [4.78, 5) is 51.5. The highest BCUT2D eigenvalue weighted by Crippen LogP contribution is 2.24. The molecular formula is C27H25N3O4. The molecule has 0 aliphatic carbocycles. The van der Waals surface area contributed by atoms with Crippen LogP contribution in [0.1, 0.15) is 48.6 Å². The van der Waals surface area contributed by atoms with Gasteiger partial charge in [0.15, 0.2) is 0 Å². The van der Waals surface area contributed by atoms with E-state index in [1.165, 1.54) is 0 Å². The van der Waals surface area contributed by atoms with Crippen molar-refractivity contribution in [3.8, 4) is 0 Å². The average Bonchev–Trinajstić information content (AvgIpc) is 3.07. The largest absolute Gasteiger partial charge is 0.352 e. The summed E-state index contributed by atoms with van der Waals surface area (Å²) in [6, 6.07) is 21.7. The molecule has 3 aromatic carbocycles. The van der Waals surface area contributed by atoms with Gasteiger partial charge in [-0.3, -0.25) is 24.1 Å². The van der Waals surface area contributed by atoms with Crippen molar-refractivity contribution in [3.05, 3.63) is 101 Å². The number of rotatable bonds is 8. The second-order valence-corrected chi connectivity index (χ2v) is 8.15. The standard InChI is InChI=1S/C27H25N3O4/c1-18-11-12-20-22(17-18)27(34)30(26(20)33)16-14-24(31)29-23-10-6-5-9-21(23)25(32)28-15-13-19-7-3-2-4-8-19/h2-12,17H,13-16H2,1H3,(H,28,32)(H,29,31). The Morgan fingerprint density at radius 2 is 1.56 bits per heavy atom. The first-order chi connectivity index (χ1) is 16.4. The summed E-state index contributed by atoms with van der Waals surface area (Å²) in [5.41, 5.74) is 3.45. The van der Waals surface area contributed by atoms with E-state index < -0.39 is 17.7 Å². The molecule has 7 heteroatoms. The van der Waals surface area contributed by atoms with Gasteiger partial charge in [0.1, 0.15) is 0 Å². The van der Waals surface area contributed by atoms with E-state index >= 15 is 0 Å². The lowest BCUT2D eigenvalue weighted by Crippen LogP contribution is -2.33. The van der Waals surface area contributed by atoms with Gasteiger partial charge < -0.3 is 10.6 Å². The summed E-state index contributed by atoms with van der Waals surface area (Å²) in [5, 5.41) is 5.61. The summed E-state index contributed by atoms with van der Waals surface area (Å²) >= 11 is 0. The summed E-state index contributed by atoms with van der Waals surface area (Å²) in [7, 11) is 0. The van der Waals surface area contributed by atoms with Crippen LogP contribution in [-0.2, 0) is 11.2 Å². The number of para-hydroxylation sites is 1. The Balaban J connectivity index is 1.33. The van der Waals surface area contributed by atoms with E-state index in [4.69, 9.17) is 0 Å². The van der Waals surface area contributed by atoms with Crippen molar-refractivity contribution >= 4 is 29.3 Å². The third kappa shape index (κ3) is 5.04. The fourth-order valence-corrected chi connectivity index (χ4v) is 3.88. The molecule has 0 unspecified atom stereocenters. The van der Waals surface area contributed by atoms with Crippen molar-refractivity contribution in [1.29, 1.82) is 0 Å². The minimum Gasteiger partial charge on any atom is -0.352 e. The van der Waals surface area contributed by atoms with Crippen molar-refractivity contribution in [2.45, 2.75) is 19.8 Å². The quantitative estimate of drug-likeness (QED) is 0.508. The topological polar surface area (TPSA) is 95.6 Å². The summed E-state index contributed by atoms with van der Waals surface area (Å²) in [6.45, 7) is 2.27. The molecule has 1 aliphatic rings. The van der Waals surface area contributed by atoms with Gasteiger partial charge in [-0.25, -0.2) is 0 Å². The van der Waals surface area contributed by atoms with Crippen LogP contribution in [0.3, 0.4) is 0 Å². The predicted octanol–water partition coefficient (Wildman–Crippen LogP) is 3.59. The maximum absolute atomic E-state index is 12.7. The number of hydrogen-bond donors (Lipinski definition) is 2. The Morgan fingerprint density at radius 1 is 0.853 bits per heavy atom. The fourth-order valence-electron chi connectivity index (χ4n) is 3.88. The van der Waals surface area contributed by atoms with Gasteiger partial charge in [0.25, 0.3) is 17.7 Å². The number of amides is 4. The van der Waals surface area contributed by atoms with Crippen LogP contribution < -0.4 is 10.6 Å². The molecular weight excluding hydrogens is 430 g/mol. The Hall–Kier alpha value is -4.26. The van der Waals surface area contributed by atoms with Gasteiger partial charge in [-0.05, 0) is 43.2 Å². The monoisotopic (exact) mass is 455 g/mol. The van der Waals surface area contributed by atoms with Crippen LogP contribution >= 0.6 is 0 Å². The molecule has 34 heavy (non-hydrogen) atoms. The van der Waals surface area contributed by atoms with Crippen LogP contribution in [0, 0.1) is 6.92 Å². The number of aryl methyl sites for hydroxylation is 1. The Morgan fingerprint density at radius 3 is 2.35 bits per heavy atom. The molecule has 0 spiro atoms. The predicted molar refractivity (Wildman–Crippen MR) is 129 cm³/mol. The minimum atomic E-state index is -0.397. The lowest BCUT2D eigenvalue weighted by atomic mass is 10.1.